The molecule has 0 radical (unpaired) electrons. The van der Waals surface area contributed by atoms with E-state index in [0.29, 0.717) is 0 Å². The van der Waals surface area contributed by atoms with Crippen LogP contribution in [-0.2, 0) is 19.4 Å². The first-order chi connectivity index (χ1) is 9.88. The van der Waals surface area contributed by atoms with Crippen molar-refractivity contribution in [3.63, 3.8) is 0 Å². The molecule has 4 rings (SSSR count). The summed E-state index contributed by atoms with van der Waals surface area (Å²) in [5, 5.41) is 7.01. The molecule has 1 N–H and O–H groups in total. The van der Waals surface area contributed by atoms with Crippen molar-refractivity contribution in [2.75, 3.05) is 5.32 Å². The molecule has 2 aromatic carbocycles. The van der Waals surface area contributed by atoms with E-state index in [1.54, 1.807) is 22.5 Å². The third-order valence-electron chi connectivity index (χ3n) is 4.11. The van der Waals surface area contributed by atoms with Gasteiger partial charge in [-0.15, -0.1) is 11.3 Å². The summed E-state index contributed by atoms with van der Waals surface area (Å²) in [4.78, 5) is 0. The van der Waals surface area contributed by atoms with Crippen molar-refractivity contribution in [1.29, 1.82) is 0 Å². The summed E-state index contributed by atoms with van der Waals surface area (Å²) < 4.78 is 1.35. The molecule has 1 aliphatic carbocycles. The third kappa shape index (κ3) is 2.20. The van der Waals surface area contributed by atoms with Gasteiger partial charge in [0.05, 0.1) is 0 Å². The van der Waals surface area contributed by atoms with Gasteiger partial charge in [0.1, 0.15) is 0 Å². The van der Waals surface area contributed by atoms with E-state index in [9.17, 15) is 0 Å². The molecule has 2 heteroatoms. The monoisotopic (exact) mass is 279 g/mol. The molecule has 1 aliphatic rings. The molecule has 0 atom stereocenters. The van der Waals surface area contributed by atoms with Crippen LogP contribution in [0.1, 0.15) is 23.1 Å². The van der Waals surface area contributed by atoms with E-state index in [-0.39, 0.29) is 0 Å². The van der Waals surface area contributed by atoms with Crippen LogP contribution in [0.4, 0.5) is 5.69 Å². The lowest BCUT2D eigenvalue weighted by atomic mass is 10.1. The van der Waals surface area contributed by atoms with E-state index in [4.69, 9.17) is 0 Å². The van der Waals surface area contributed by atoms with Gasteiger partial charge in [-0.25, -0.2) is 0 Å². The number of aryl methyl sites for hydroxylation is 2. The smallest absolute Gasteiger partial charge is 0.0400 e. The Morgan fingerprint density at radius 2 is 1.90 bits per heavy atom. The molecule has 100 valence electrons. The van der Waals surface area contributed by atoms with Crippen LogP contribution in [0.15, 0.2) is 47.8 Å². The van der Waals surface area contributed by atoms with E-state index >= 15 is 0 Å². The highest BCUT2D eigenvalue weighted by atomic mass is 32.1. The zero-order valence-corrected chi connectivity index (χ0v) is 12.2. The average molecular weight is 279 g/mol. The number of benzene rings is 2. The van der Waals surface area contributed by atoms with Crippen molar-refractivity contribution in [2.45, 2.75) is 25.8 Å². The van der Waals surface area contributed by atoms with Gasteiger partial charge in [-0.05, 0) is 71.0 Å². The fourth-order valence-corrected chi connectivity index (χ4v) is 3.79. The molecule has 0 fully saturated rings. The lowest BCUT2D eigenvalue weighted by molar-refractivity contribution is 0.911. The summed E-state index contributed by atoms with van der Waals surface area (Å²) >= 11 is 1.80. The maximum Gasteiger partial charge on any atom is 0.0400 e. The summed E-state index contributed by atoms with van der Waals surface area (Å²) in [6, 6.07) is 15.7. The molecular formula is C18H17NS. The summed E-state index contributed by atoms with van der Waals surface area (Å²) in [7, 11) is 0. The van der Waals surface area contributed by atoms with E-state index in [1.165, 1.54) is 40.6 Å². The quantitative estimate of drug-likeness (QED) is 0.711. The Balaban J connectivity index is 1.52. The highest BCUT2D eigenvalue weighted by molar-refractivity contribution is 7.17. The Bertz CT molecular complexity index is 757. The molecule has 0 saturated heterocycles. The molecular weight excluding hydrogens is 262 g/mol. The van der Waals surface area contributed by atoms with Gasteiger partial charge in [0, 0.05) is 16.9 Å². The van der Waals surface area contributed by atoms with Crippen molar-refractivity contribution in [1.82, 2.24) is 0 Å². The van der Waals surface area contributed by atoms with Gasteiger partial charge in [0.2, 0.25) is 0 Å². The number of hydrogen-bond acceptors (Lipinski definition) is 2. The molecule has 20 heavy (non-hydrogen) atoms. The Labute approximate surface area is 123 Å². The van der Waals surface area contributed by atoms with Crippen molar-refractivity contribution in [2.24, 2.45) is 0 Å². The van der Waals surface area contributed by atoms with Gasteiger partial charge in [0.15, 0.2) is 0 Å². The zero-order valence-electron chi connectivity index (χ0n) is 11.4. The molecule has 3 aromatic rings. The molecule has 0 saturated carbocycles. The third-order valence-corrected chi connectivity index (χ3v) is 5.01. The minimum atomic E-state index is 0.906. The van der Waals surface area contributed by atoms with Crippen LogP contribution in [0, 0.1) is 0 Å². The second-order valence-corrected chi connectivity index (χ2v) is 6.43. The van der Waals surface area contributed by atoms with Crippen LogP contribution < -0.4 is 5.32 Å². The summed E-state index contributed by atoms with van der Waals surface area (Å²) in [5.41, 5.74) is 5.69. The first-order valence-electron chi connectivity index (χ1n) is 7.20. The second-order valence-electron chi connectivity index (χ2n) is 5.48. The first kappa shape index (κ1) is 12.0. The SMILES string of the molecule is c1cc2cc(NCc3ccc4c(c3)CCC4)ccc2s1. The summed E-state index contributed by atoms with van der Waals surface area (Å²) in [5.74, 6) is 0. The van der Waals surface area contributed by atoms with E-state index in [1.807, 2.05) is 0 Å². The summed E-state index contributed by atoms with van der Waals surface area (Å²) in [6.45, 7) is 0.906. The van der Waals surface area contributed by atoms with Crippen LogP contribution in [0.5, 0.6) is 0 Å². The molecule has 1 nitrogen and oxygen atoms in total. The zero-order chi connectivity index (χ0) is 13.4. The standard InChI is InChI=1S/C18H17NS/c1-2-14-5-4-13(10-15(14)3-1)12-19-17-6-7-18-16(11-17)8-9-20-18/h4-11,19H,1-3,12H2. The Morgan fingerprint density at radius 1 is 0.950 bits per heavy atom. The van der Waals surface area contributed by atoms with Crippen LogP contribution >= 0.6 is 11.3 Å². The van der Waals surface area contributed by atoms with Crippen LogP contribution in [0.2, 0.25) is 0 Å². The predicted molar refractivity (Wildman–Crippen MR) is 87.6 cm³/mol. The first-order valence-corrected chi connectivity index (χ1v) is 8.08. The molecule has 1 heterocycles. The second kappa shape index (κ2) is 4.95. The van der Waals surface area contributed by atoms with Crippen molar-refractivity contribution >= 4 is 27.1 Å². The van der Waals surface area contributed by atoms with Crippen LogP contribution in [-0.4, -0.2) is 0 Å². The molecule has 0 spiro atoms. The average Bonchev–Trinajstić information content (AvgIpc) is 3.12. The van der Waals surface area contributed by atoms with Crippen LogP contribution in [0.25, 0.3) is 10.1 Å². The van der Waals surface area contributed by atoms with E-state index in [2.05, 4.69) is 53.2 Å². The highest BCUT2D eigenvalue weighted by Crippen LogP contribution is 2.25. The molecule has 0 bridgehead atoms. The van der Waals surface area contributed by atoms with Crippen molar-refractivity contribution in [3.8, 4) is 0 Å². The number of nitrogens with one attached hydrogen (secondary N) is 1. The minimum absolute atomic E-state index is 0.906. The number of hydrogen-bond donors (Lipinski definition) is 1. The Hall–Kier alpha value is -1.80. The van der Waals surface area contributed by atoms with Crippen molar-refractivity contribution < 1.29 is 0 Å². The van der Waals surface area contributed by atoms with Gasteiger partial charge in [-0.2, -0.15) is 0 Å². The molecule has 0 amide bonds. The van der Waals surface area contributed by atoms with E-state index < -0.39 is 0 Å². The maximum atomic E-state index is 3.54. The number of thiophene rings is 1. The highest BCUT2D eigenvalue weighted by Gasteiger charge is 2.10. The number of rotatable bonds is 3. The minimum Gasteiger partial charge on any atom is -0.381 e. The van der Waals surface area contributed by atoms with Gasteiger partial charge in [-0.3, -0.25) is 0 Å². The summed E-state index contributed by atoms with van der Waals surface area (Å²) in [6.07, 6.45) is 3.84. The van der Waals surface area contributed by atoms with Gasteiger partial charge in [-0.1, -0.05) is 18.2 Å². The molecule has 1 aromatic heterocycles. The topological polar surface area (TPSA) is 12.0 Å². The van der Waals surface area contributed by atoms with Gasteiger partial charge in [0.25, 0.3) is 0 Å². The fourth-order valence-electron chi connectivity index (χ4n) is 3.02. The number of anilines is 1. The number of fused-ring (bicyclic) bond motifs is 2. The van der Waals surface area contributed by atoms with Gasteiger partial charge >= 0.3 is 0 Å². The lowest BCUT2D eigenvalue weighted by Crippen LogP contribution is -2.00. The van der Waals surface area contributed by atoms with Crippen LogP contribution in [0.3, 0.4) is 0 Å². The largest absolute Gasteiger partial charge is 0.381 e. The Morgan fingerprint density at radius 3 is 2.90 bits per heavy atom. The predicted octanol–water partition coefficient (Wildman–Crippen LogP) is 5.00. The fraction of sp³-hybridized carbons (Fsp3) is 0.222. The molecule has 0 aliphatic heterocycles. The molecule has 0 unspecified atom stereocenters. The van der Waals surface area contributed by atoms with Gasteiger partial charge < -0.3 is 5.32 Å². The van der Waals surface area contributed by atoms with Crippen molar-refractivity contribution in [3.05, 3.63) is 64.5 Å². The normalized spacial score (nSPS) is 13.6. The van der Waals surface area contributed by atoms with E-state index in [0.717, 1.165) is 6.54 Å². The lowest BCUT2D eigenvalue weighted by Gasteiger charge is -2.08. The maximum absolute atomic E-state index is 3.54. The Kier molecular flexibility index (Phi) is 2.96.